The second-order valence-corrected chi connectivity index (χ2v) is 9.46. The number of benzene rings is 4. The quantitative estimate of drug-likeness (QED) is 0.233. The number of rotatable bonds is 6. The number of unbranched alkanes of at least 4 members (excludes halogenated alkanes) is 1. The van der Waals surface area contributed by atoms with Gasteiger partial charge in [0.1, 0.15) is 0 Å². The van der Waals surface area contributed by atoms with Gasteiger partial charge in [-0.3, -0.25) is 0 Å². The SMILES string of the molecule is CCCCc1ccc2c(c1)c1ccccc1n2-c1c(-c2ccccc2)cc(C(F)(F)F)cc1N(C)C. The van der Waals surface area contributed by atoms with Crippen molar-refractivity contribution in [2.24, 2.45) is 0 Å². The van der Waals surface area contributed by atoms with Gasteiger partial charge in [-0.15, -0.1) is 0 Å². The lowest BCUT2D eigenvalue weighted by molar-refractivity contribution is -0.137. The van der Waals surface area contributed by atoms with Crippen molar-refractivity contribution in [1.29, 1.82) is 0 Å². The molecule has 0 saturated carbocycles. The van der Waals surface area contributed by atoms with Gasteiger partial charge in [0, 0.05) is 30.4 Å². The molecule has 0 spiro atoms. The van der Waals surface area contributed by atoms with E-state index in [2.05, 4.69) is 35.8 Å². The van der Waals surface area contributed by atoms with Gasteiger partial charge in [-0.25, -0.2) is 0 Å². The largest absolute Gasteiger partial charge is 0.416 e. The first-order valence-corrected chi connectivity index (χ1v) is 12.3. The predicted molar refractivity (Wildman–Crippen MR) is 144 cm³/mol. The zero-order chi connectivity index (χ0) is 25.4. The molecule has 5 rings (SSSR count). The number of fused-ring (bicyclic) bond motifs is 3. The second kappa shape index (κ2) is 9.38. The third kappa shape index (κ3) is 4.23. The van der Waals surface area contributed by atoms with Gasteiger partial charge in [0.15, 0.2) is 0 Å². The Kier molecular flexibility index (Phi) is 6.25. The van der Waals surface area contributed by atoms with Gasteiger partial charge in [0.05, 0.1) is 28.0 Å². The van der Waals surface area contributed by atoms with Crippen molar-refractivity contribution in [3.63, 3.8) is 0 Å². The summed E-state index contributed by atoms with van der Waals surface area (Å²) >= 11 is 0. The standard InChI is InChI=1S/C31H29F3N2/c1-4-5-11-21-16-17-28-26(18-21)24-14-9-10-15-27(24)36(28)30-25(22-12-7-6-8-13-22)19-23(31(32,33)34)20-29(30)35(2)3/h6-10,12-20H,4-5,11H2,1-3H3. The summed E-state index contributed by atoms with van der Waals surface area (Å²) in [5, 5.41) is 2.21. The third-order valence-corrected chi connectivity index (χ3v) is 6.76. The number of hydrogen-bond acceptors (Lipinski definition) is 1. The van der Waals surface area contributed by atoms with Crippen LogP contribution in [0.3, 0.4) is 0 Å². The summed E-state index contributed by atoms with van der Waals surface area (Å²) in [5.74, 6) is 0. The molecular formula is C31H29F3N2. The lowest BCUT2D eigenvalue weighted by atomic mass is 9.98. The van der Waals surface area contributed by atoms with Crippen LogP contribution in [0.2, 0.25) is 0 Å². The molecule has 5 aromatic rings. The maximum atomic E-state index is 14.0. The molecule has 4 aromatic carbocycles. The number of nitrogens with zero attached hydrogens (tertiary/aromatic N) is 2. The van der Waals surface area contributed by atoms with Crippen LogP contribution in [0.5, 0.6) is 0 Å². The highest BCUT2D eigenvalue weighted by Gasteiger charge is 2.33. The predicted octanol–water partition coefficient (Wildman–Crippen LogP) is 8.88. The maximum Gasteiger partial charge on any atom is 0.416 e. The fourth-order valence-corrected chi connectivity index (χ4v) is 4.99. The van der Waals surface area contributed by atoms with Crippen molar-refractivity contribution in [2.45, 2.75) is 32.4 Å². The van der Waals surface area contributed by atoms with E-state index >= 15 is 0 Å². The Morgan fingerprint density at radius 2 is 1.47 bits per heavy atom. The molecule has 5 heteroatoms. The summed E-state index contributed by atoms with van der Waals surface area (Å²) in [6.45, 7) is 2.18. The highest BCUT2D eigenvalue weighted by Crippen LogP contribution is 2.44. The molecule has 0 unspecified atom stereocenters. The Morgan fingerprint density at radius 1 is 0.778 bits per heavy atom. The van der Waals surface area contributed by atoms with E-state index in [1.54, 1.807) is 19.0 Å². The molecule has 36 heavy (non-hydrogen) atoms. The summed E-state index contributed by atoms with van der Waals surface area (Å²) in [6, 6.07) is 26.5. The monoisotopic (exact) mass is 486 g/mol. The fourth-order valence-electron chi connectivity index (χ4n) is 4.99. The van der Waals surface area contributed by atoms with Crippen LogP contribution in [0, 0.1) is 0 Å². The van der Waals surface area contributed by atoms with Crippen molar-refractivity contribution < 1.29 is 13.2 Å². The molecule has 0 atom stereocenters. The van der Waals surface area contributed by atoms with E-state index in [0.717, 1.165) is 52.3 Å². The highest BCUT2D eigenvalue weighted by atomic mass is 19.4. The van der Waals surface area contributed by atoms with Gasteiger partial charge in [0.2, 0.25) is 0 Å². The number of aromatic nitrogens is 1. The summed E-state index contributed by atoms with van der Waals surface area (Å²) in [6.07, 6.45) is -1.21. The highest BCUT2D eigenvalue weighted by molar-refractivity contribution is 6.10. The van der Waals surface area contributed by atoms with Crippen molar-refractivity contribution in [3.05, 3.63) is 96.1 Å². The molecule has 1 aromatic heterocycles. The van der Waals surface area contributed by atoms with E-state index in [4.69, 9.17) is 0 Å². The van der Waals surface area contributed by atoms with Gasteiger partial charge in [-0.1, -0.05) is 67.9 Å². The van der Waals surface area contributed by atoms with Crippen molar-refractivity contribution >= 4 is 27.5 Å². The maximum absolute atomic E-state index is 14.0. The van der Waals surface area contributed by atoms with E-state index in [1.165, 1.54) is 17.7 Å². The average Bonchev–Trinajstić information content (AvgIpc) is 3.20. The average molecular weight is 487 g/mol. The van der Waals surface area contributed by atoms with Gasteiger partial charge in [-0.2, -0.15) is 13.2 Å². The lowest BCUT2D eigenvalue weighted by Crippen LogP contribution is -2.16. The van der Waals surface area contributed by atoms with Crippen LogP contribution in [-0.4, -0.2) is 18.7 Å². The summed E-state index contributed by atoms with van der Waals surface area (Å²) in [4.78, 5) is 1.77. The van der Waals surface area contributed by atoms with Crippen LogP contribution in [0.25, 0.3) is 38.6 Å². The fraction of sp³-hybridized carbons (Fsp3) is 0.226. The summed E-state index contributed by atoms with van der Waals surface area (Å²) < 4.78 is 44.2. The molecule has 0 bridgehead atoms. The van der Waals surface area contributed by atoms with Gasteiger partial charge >= 0.3 is 6.18 Å². The lowest BCUT2D eigenvalue weighted by Gasteiger charge is -2.25. The zero-order valence-electron chi connectivity index (χ0n) is 20.7. The number of hydrogen-bond donors (Lipinski definition) is 0. The van der Waals surface area contributed by atoms with Gasteiger partial charge in [-0.05, 0) is 54.3 Å². The third-order valence-electron chi connectivity index (χ3n) is 6.76. The molecule has 0 aliphatic rings. The van der Waals surface area contributed by atoms with E-state index in [-0.39, 0.29) is 0 Å². The number of halogens is 3. The van der Waals surface area contributed by atoms with Crippen LogP contribution in [0.4, 0.5) is 18.9 Å². The smallest absolute Gasteiger partial charge is 0.376 e. The molecule has 0 aliphatic carbocycles. The normalized spacial score (nSPS) is 11.9. The Labute approximate surface area is 209 Å². The Morgan fingerprint density at radius 3 is 2.17 bits per heavy atom. The number of alkyl halides is 3. The molecule has 0 amide bonds. The zero-order valence-corrected chi connectivity index (χ0v) is 20.7. The van der Waals surface area contributed by atoms with Gasteiger partial charge in [0.25, 0.3) is 0 Å². The van der Waals surface area contributed by atoms with Crippen molar-refractivity contribution in [3.8, 4) is 16.8 Å². The van der Waals surface area contributed by atoms with Crippen LogP contribution < -0.4 is 4.90 Å². The van der Waals surface area contributed by atoms with E-state index in [1.807, 2.05) is 48.5 Å². The number of para-hydroxylation sites is 1. The van der Waals surface area contributed by atoms with Crippen LogP contribution in [-0.2, 0) is 12.6 Å². The Hall–Kier alpha value is -3.73. The van der Waals surface area contributed by atoms with E-state index in [9.17, 15) is 13.2 Å². The molecule has 1 heterocycles. The van der Waals surface area contributed by atoms with Crippen molar-refractivity contribution in [1.82, 2.24) is 4.57 Å². The van der Waals surface area contributed by atoms with Crippen LogP contribution in [0.1, 0.15) is 30.9 Å². The Bertz CT molecular complexity index is 1530. The topological polar surface area (TPSA) is 8.17 Å². The number of anilines is 1. The molecule has 0 N–H and O–H groups in total. The summed E-state index contributed by atoms with van der Waals surface area (Å²) in [7, 11) is 3.59. The molecular weight excluding hydrogens is 457 g/mol. The van der Waals surface area contributed by atoms with E-state index in [0.29, 0.717) is 11.3 Å². The second-order valence-electron chi connectivity index (χ2n) is 9.46. The molecule has 0 aliphatic heterocycles. The number of aryl methyl sites for hydroxylation is 1. The molecule has 0 fully saturated rings. The first-order valence-electron chi connectivity index (χ1n) is 12.3. The first-order chi connectivity index (χ1) is 17.3. The molecule has 2 nitrogen and oxygen atoms in total. The summed E-state index contributed by atoms with van der Waals surface area (Å²) in [5.41, 5.74) is 5.12. The Balaban J connectivity index is 1.91. The van der Waals surface area contributed by atoms with Gasteiger partial charge < -0.3 is 9.47 Å². The van der Waals surface area contributed by atoms with Crippen LogP contribution in [0.15, 0.2) is 84.9 Å². The minimum Gasteiger partial charge on any atom is -0.376 e. The molecule has 0 saturated heterocycles. The minimum absolute atomic E-state index is 0.515. The van der Waals surface area contributed by atoms with Crippen LogP contribution >= 0.6 is 0 Å². The first kappa shape index (κ1) is 24.0. The van der Waals surface area contributed by atoms with E-state index < -0.39 is 11.7 Å². The molecule has 184 valence electrons. The minimum atomic E-state index is -4.46. The van der Waals surface area contributed by atoms with Crippen molar-refractivity contribution in [2.75, 3.05) is 19.0 Å². The molecule has 0 radical (unpaired) electrons.